The van der Waals surface area contributed by atoms with Crippen molar-refractivity contribution < 1.29 is 22.1 Å². The lowest BCUT2D eigenvalue weighted by molar-refractivity contribution is -0.128. The van der Waals surface area contributed by atoms with Crippen LogP contribution in [0.15, 0.2) is 29.2 Å². The Balaban J connectivity index is 1.15. The van der Waals surface area contributed by atoms with Crippen LogP contribution < -0.4 is 0 Å². The molecule has 4 fully saturated rings. The van der Waals surface area contributed by atoms with E-state index in [1.165, 1.54) is 44.9 Å². The van der Waals surface area contributed by atoms with Gasteiger partial charge in [0.05, 0.1) is 17.6 Å². The summed E-state index contributed by atoms with van der Waals surface area (Å²) in [5.41, 5.74) is 1.65. The second-order valence-electron chi connectivity index (χ2n) is 18.9. The number of aliphatic hydroxyl groups is 1. The summed E-state index contributed by atoms with van der Waals surface area (Å²) < 4.78 is 37.7. The monoisotopic (exact) mass is 688 g/mol. The highest BCUT2D eigenvalue weighted by atomic mass is 32.2. The lowest BCUT2D eigenvalue weighted by atomic mass is 9.44. The van der Waals surface area contributed by atoms with E-state index < -0.39 is 18.4 Å². The van der Waals surface area contributed by atoms with Gasteiger partial charge in [-0.05, 0) is 147 Å². The normalized spacial score (nSPS) is 37.5. The van der Waals surface area contributed by atoms with Gasteiger partial charge < -0.3 is 9.53 Å². The van der Waals surface area contributed by atoms with Gasteiger partial charge in [0, 0.05) is 6.10 Å². The van der Waals surface area contributed by atoms with Crippen LogP contribution in [0.5, 0.6) is 0 Å². The topological polar surface area (TPSA) is 72.8 Å². The molecule has 1 aromatic rings. The summed E-state index contributed by atoms with van der Waals surface area (Å²) in [6.45, 7) is 23.7. The summed E-state index contributed by atoms with van der Waals surface area (Å²) in [7, 11) is -5.49. The molecule has 0 saturated heterocycles. The van der Waals surface area contributed by atoms with Gasteiger partial charge >= 0.3 is 0 Å². The van der Waals surface area contributed by atoms with Crippen molar-refractivity contribution in [3.63, 3.8) is 0 Å². The van der Waals surface area contributed by atoms with E-state index in [1.807, 2.05) is 6.92 Å². The third kappa shape index (κ3) is 7.50. The first-order valence-corrected chi connectivity index (χ1v) is 23.4. The van der Waals surface area contributed by atoms with Gasteiger partial charge in [0.25, 0.3) is 10.1 Å². The summed E-state index contributed by atoms with van der Waals surface area (Å²) in [6, 6.07) is 6.85. The second kappa shape index (κ2) is 13.8. The van der Waals surface area contributed by atoms with Gasteiger partial charge in [-0.25, -0.2) is 0 Å². The van der Waals surface area contributed by atoms with Gasteiger partial charge in [-0.1, -0.05) is 79.0 Å². The van der Waals surface area contributed by atoms with Crippen LogP contribution in [0.2, 0.25) is 18.1 Å². The summed E-state index contributed by atoms with van der Waals surface area (Å²) in [6.07, 6.45) is 13.2. The molecule has 5 nitrogen and oxygen atoms in total. The maximum Gasteiger partial charge on any atom is 0.296 e. The number of aryl methyl sites for hydroxylation is 1. The maximum absolute atomic E-state index is 12.7. The molecule has 1 aromatic carbocycles. The third-order valence-electron chi connectivity index (χ3n) is 14.8. The molecule has 47 heavy (non-hydrogen) atoms. The molecule has 0 spiro atoms. The fraction of sp³-hybridized carbons (Fsp3) is 0.850. The van der Waals surface area contributed by atoms with E-state index >= 15 is 0 Å². The molecule has 4 saturated carbocycles. The van der Waals surface area contributed by atoms with E-state index in [2.05, 4.69) is 61.6 Å². The molecule has 7 heteroatoms. The molecule has 0 aliphatic heterocycles. The minimum Gasteiger partial charge on any atom is -0.414 e. The predicted octanol–water partition coefficient (Wildman–Crippen LogP) is 10.2. The Kier molecular flexibility index (Phi) is 11.0. The number of hydrogen-bond donors (Lipinski definition) is 1. The van der Waals surface area contributed by atoms with Crippen LogP contribution in [-0.4, -0.2) is 40.7 Å². The van der Waals surface area contributed by atoms with Crippen LogP contribution in [0.3, 0.4) is 0 Å². The van der Waals surface area contributed by atoms with Crippen LogP contribution >= 0.6 is 0 Å². The largest absolute Gasteiger partial charge is 0.414 e. The van der Waals surface area contributed by atoms with Crippen molar-refractivity contribution in [2.45, 2.75) is 161 Å². The lowest BCUT2D eigenvalue weighted by Gasteiger charge is -2.61. The van der Waals surface area contributed by atoms with Crippen molar-refractivity contribution in [1.29, 1.82) is 0 Å². The van der Waals surface area contributed by atoms with Gasteiger partial charge in [0.2, 0.25) is 0 Å². The molecule has 0 amide bonds. The molecule has 0 radical (unpaired) electrons. The minimum atomic E-state index is -3.73. The average Bonchev–Trinajstić information content (AvgIpc) is 3.25. The summed E-state index contributed by atoms with van der Waals surface area (Å²) >= 11 is 0. The van der Waals surface area contributed by atoms with E-state index in [1.54, 1.807) is 24.3 Å². The fourth-order valence-electron chi connectivity index (χ4n) is 11.0. The highest BCUT2D eigenvalue weighted by Crippen LogP contribution is 2.68. The van der Waals surface area contributed by atoms with Crippen molar-refractivity contribution in [2.24, 2.45) is 52.3 Å². The first-order chi connectivity index (χ1) is 21.8. The number of rotatable bonds is 11. The van der Waals surface area contributed by atoms with Crippen LogP contribution in [0.25, 0.3) is 0 Å². The number of hydrogen-bond acceptors (Lipinski definition) is 5. The fourth-order valence-corrected chi connectivity index (χ4v) is 13.4. The van der Waals surface area contributed by atoms with Crippen molar-refractivity contribution in [3.05, 3.63) is 29.8 Å². The van der Waals surface area contributed by atoms with Gasteiger partial charge in [0.1, 0.15) is 0 Å². The molecule has 11 atom stereocenters. The molecule has 0 unspecified atom stereocenters. The van der Waals surface area contributed by atoms with E-state index in [0.29, 0.717) is 29.3 Å². The van der Waals surface area contributed by atoms with Crippen molar-refractivity contribution in [3.8, 4) is 0 Å². The van der Waals surface area contributed by atoms with E-state index in [0.717, 1.165) is 49.0 Å². The maximum atomic E-state index is 12.7. The highest BCUT2D eigenvalue weighted by Gasteiger charge is 2.63. The summed E-state index contributed by atoms with van der Waals surface area (Å²) in [5, 5.41) is 11.9. The third-order valence-corrected chi connectivity index (χ3v) is 20.6. The zero-order valence-electron chi connectivity index (χ0n) is 31.5. The molecule has 0 bridgehead atoms. The van der Waals surface area contributed by atoms with E-state index in [4.69, 9.17) is 8.61 Å². The molecule has 0 heterocycles. The van der Waals surface area contributed by atoms with Crippen LogP contribution in [-0.2, 0) is 18.7 Å². The lowest BCUT2D eigenvalue weighted by Crippen LogP contribution is -2.55. The van der Waals surface area contributed by atoms with E-state index in [-0.39, 0.29) is 34.0 Å². The first-order valence-electron chi connectivity index (χ1n) is 19.1. The molecule has 268 valence electrons. The quantitative estimate of drug-likeness (QED) is 0.185. The Morgan fingerprint density at radius 1 is 0.936 bits per heavy atom. The molecular formula is C40H68O5SSi. The molecular weight excluding hydrogens is 621 g/mol. The van der Waals surface area contributed by atoms with E-state index in [9.17, 15) is 13.5 Å². The standard InChI is InChI=1S/C40H68O5SSi/c1-27-14-17-32(18-15-27)46(42,43)44-26-28(2)12-11-13-29(3)37-36(41)25-35-33-19-16-30-24-31(45-47(9,10)38(4,5)6)20-22-39(30,7)34(33)21-23-40(35,37)8/h14-15,17-18,28-31,33-37,41H,11-13,16,19-26H2,1-10H3/t28-,29-,30+,31+,33-,34+,35+,36+,37+,39+,40+/m1/s1. The smallest absolute Gasteiger partial charge is 0.296 e. The van der Waals surface area contributed by atoms with Gasteiger partial charge in [-0.15, -0.1) is 0 Å². The van der Waals surface area contributed by atoms with Crippen LogP contribution in [0.1, 0.15) is 125 Å². The molecule has 4 aliphatic rings. The zero-order chi connectivity index (χ0) is 34.6. The molecule has 5 rings (SSSR count). The SMILES string of the molecule is Cc1ccc(S(=O)(=O)OC[C@H](C)CCC[C@@H](C)[C@H]2[C@@H](O)C[C@H]3[C@@H]4CC[C@H]5C[C@@H](O[Si](C)(C)C(C)(C)C)CC[C@]5(C)[C@H]4CC[C@]23C)cc1. The van der Waals surface area contributed by atoms with Crippen LogP contribution in [0, 0.1) is 59.2 Å². The Morgan fingerprint density at radius 2 is 1.60 bits per heavy atom. The molecule has 1 N–H and O–H groups in total. The molecule has 4 aliphatic carbocycles. The van der Waals surface area contributed by atoms with Gasteiger partial charge in [-0.2, -0.15) is 8.42 Å². The first kappa shape index (κ1) is 37.5. The molecule has 0 aromatic heterocycles. The Bertz CT molecular complexity index is 1320. The summed E-state index contributed by atoms with van der Waals surface area (Å²) in [5.74, 6) is 3.89. The Hall–Kier alpha value is -0.733. The van der Waals surface area contributed by atoms with Gasteiger partial charge in [-0.3, -0.25) is 4.18 Å². The number of benzene rings is 1. The summed E-state index contributed by atoms with van der Waals surface area (Å²) in [4.78, 5) is 0.225. The Labute approximate surface area is 289 Å². The van der Waals surface area contributed by atoms with Gasteiger partial charge in [0.15, 0.2) is 8.32 Å². The van der Waals surface area contributed by atoms with Crippen molar-refractivity contribution in [1.82, 2.24) is 0 Å². The number of fused-ring (bicyclic) bond motifs is 5. The van der Waals surface area contributed by atoms with Crippen molar-refractivity contribution >= 4 is 18.4 Å². The van der Waals surface area contributed by atoms with Crippen LogP contribution in [0.4, 0.5) is 0 Å². The average molecular weight is 689 g/mol. The predicted molar refractivity (Wildman–Crippen MR) is 195 cm³/mol. The van der Waals surface area contributed by atoms with Crippen molar-refractivity contribution in [2.75, 3.05) is 6.61 Å². The highest BCUT2D eigenvalue weighted by molar-refractivity contribution is 7.86. The zero-order valence-corrected chi connectivity index (χ0v) is 33.3. The minimum absolute atomic E-state index is 0.160. The number of aliphatic hydroxyl groups excluding tert-OH is 1. The Morgan fingerprint density at radius 3 is 2.26 bits per heavy atom. The second-order valence-corrected chi connectivity index (χ2v) is 25.2.